The number of halogens is 1. The van der Waals surface area contributed by atoms with Crippen LogP contribution in [0.4, 0.5) is 4.39 Å². The number of ketones is 1. The van der Waals surface area contributed by atoms with E-state index in [-0.39, 0.29) is 18.0 Å². The van der Waals surface area contributed by atoms with Gasteiger partial charge in [0.25, 0.3) is 0 Å². The topological polar surface area (TPSA) is 114 Å². The minimum atomic E-state index is -2.15. The van der Waals surface area contributed by atoms with Gasteiger partial charge in [0.15, 0.2) is 11.5 Å². The third-order valence-corrected chi connectivity index (χ3v) is 10.1. The second-order valence-corrected chi connectivity index (χ2v) is 11.5. The fraction of sp³-hybridized carbons (Fsp3) is 0.593. The van der Waals surface area contributed by atoms with Crippen LogP contribution in [0.15, 0.2) is 46.6 Å². The van der Waals surface area contributed by atoms with E-state index in [0.29, 0.717) is 24.8 Å². The molecule has 0 radical (unpaired) electrons. The molecule has 0 amide bonds. The number of carbonyl (C=O) groups is 3. The van der Waals surface area contributed by atoms with Crippen LogP contribution >= 0.6 is 0 Å². The van der Waals surface area contributed by atoms with Gasteiger partial charge in [-0.1, -0.05) is 32.4 Å². The van der Waals surface area contributed by atoms with Crippen LogP contribution in [-0.4, -0.2) is 45.3 Å². The fourth-order valence-corrected chi connectivity index (χ4v) is 8.44. The number of fused-ring (bicyclic) bond motifs is 5. The number of furan rings is 1. The average molecular weight is 487 g/mol. The third-order valence-electron chi connectivity index (χ3n) is 10.1. The number of rotatable bonds is 3. The summed E-state index contributed by atoms with van der Waals surface area (Å²) in [6, 6.07) is 2.90. The summed E-state index contributed by atoms with van der Waals surface area (Å²) in [5.41, 5.74) is -7.09. The second-order valence-electron chi connectivity index (χ2n) is 11.5. The Hall–Kier alpha value is -2.74. The third kappa shape index (κ3) is 2.61. The van der Waals surface area contributed by atoms with Gasteiger partial charge in [-0.05, 0) is 62.8 Å². The van der Waals surface area contributed by atoms with Crippen molar-refractivity contribution in [2.45, 2.75) is 70.8 Å². The summed E-state index contributed by atoms with van der Waals surface area (Å²) in [5.74, 6) is -3.70. The number of aliphatic hydroxyl groups is 1. The molecule has 1 aromatic rings. The van der Waals surface area contributed by atoms with Crippen LogP contribution in [0.3, 0.4) is 0 Å². The highest BCUT2D eigenvalue weighted by molar-refractivity contribution is 6.01. The number of carboxylic acid groups (broad SMARTS) is 1. The molecule has 188 valence electrons. The molecule has 5 rings (SSSR count). The van der Waals surface area contributed by atoms with Crippen molar-refractivity contribution in [3.05, 3.63) is 48.0 Å². The van der Waals surface area contributed by atoms with Crippen LogP contribution < -0.4 is 0 Å². The maximum Gasteiger partial charge on any atom is 0.375 e. The molecule has 0 aliphatic heterocycles. The maximum atomic E-state index is 17.6. The monoisotopic (exact) mass is 486 g/mol. The summed E-state index contributed by atoms with van der Waals surface area (Å²) in [7, 11) is 0. The molecule has 3 saturated carbocycles. The number of alkyl halides is 1. The van der Waals surface area contributed by atoms with E-state index in [0.717, 1.165) is 0 Å². The van der Waals surface area contributed by atoms with Crippen LogP contribution in [0.5, 0.6) is 0 Å². The number of esters is 1. The molecule has 1 heterocycles. The molecule has 8 atom stereocenters. The Labute approximate surface area is 203 Å². The zero-order valence-electron chi connectivity index (χ0n) is 20.3. The van der Waals surface area contributed by atoms with Crippen molar-refractivity contribution in [3.63, 3.8) is 0 Å². The first-order valence-electron chi connectivity index (χ1n) is 12.1. The smallest absolute Gasteiger partial charge is 0.375 e. The zero-order chi connectivity index (χ0) is 25.6. The summed E-state index contributed by atoms with van der Waals surface area (Å²) >= 11 is 0. The van der Waals surface area contributed by atoms with Gasteiger partial charge in [0.1, 0.15) is 0 Å². The molecule has 0 spiro atoms. The SMILES string of the molecule is C[C@@H]1C[C@H]2[C@]3(C)CCC4=CC(=O)C=C[C@]4(C)[C@@]3(F)[C@@H](O)C[C@]2(C)[C@@]1(OC(=O)c1ccco1)C(=O)O. The normalized spacial score (nSPS) is 46.3. The summed E-state index contributed by atoms with van der Waals surface area (Å²) in [6.07, 6.45) is 5.00. The van der Waals surface area contributed by atoms with Gasteiger partial charge >= 0.3 is 11.9 Å². The van der Waals surface area contributed by atoms with Crippen LogP contribution in [0, 0.1) is 28.1 Å². The van der Waals surface area contributed by atoms with Crippen molar-refractivity contribution >= 4 is 17.7 Å². The average Bonchev–Trinajstić information content (AvgIpc) is 3.40. The van der Waals surface area contributed by atoms with E-state index in [9.17, 15) is 24.6 Å². The molecule has 4 aliphatic carbocycles. The molecule has 8 heteroatoms. The molecule has 0 bridgehead atoms. The Bertz CT molecular complexity index is 1170. The lowest BCUT2D eigenvalue weighted by Gasteiger charge is -2.67. The molecule has 0 aromatic carbocycles. The Morgan fingerprint density at radius 2 is 1.94 bits per heavy atom. The summed E-state index contributed by atoms with van der Waals surface area (Å²) in [6.45, 7) is 6.90. The molecule has 0 saturated heterocycles. The van der Waals surface area contributed by atoms with Crippen LogP contribution in [0.2, 0.25) is 0 Å². The molecule has 2 N–H and O–H groups in total. The highest BCUT2D eigenvalue weighted by Gasteiger charge is 2.81. The van der Waals surface area contributed by atoms with Crippen molar-refractivity contribution in [3.8, 4) is 0 Å². The van der Waals surface area contributed by atoms with Gasteiger partial charge in [-0.25, -0.2) is 14.0 Å². The maximum absolute atomic E-state index is 17.6. The molecular formula is C27H31FO7. The molecule has 4 aliphatic rings. The van der Waals surface area contributed by atoms with Crippen molar-refractivity contribution in [2.75, 3.05) is 0 Å². The van der Waals surface area contributed by atoms with Crippen molar-refractivity contribution < 1.29 is 38.1 Å². The minimum Gasteiger partial charge on any atom is -0.478 e. The standard InChI is InChI=1S/C27H31FO7/c1-15-12-19-24(3)9-7-16-13-17(29)8-10-23(16,2)27(24,28)20(30)14-25(19,4)26(15,22(32)33)35-21(31)18-6-5-11-34-18/h5-6,8,10-11,13,15,19-20,30H,7,9,12,14H2,1-4H3,(H,32,33)/t15-,19+,20+,23+,24+,25+,26+,27+/m1/s1. The summed E-state index contributed by atoms with van der Waals surface area (Å²) in [5, 5.41) is 22.1. The Morgan fingerprint density at radius 3 is 2.57 bits per heavy atom. The first-order valence-corrected chi connectivity index (χ1v) is 12.1. The van der Waals surface area contributed by atoms with E-state index in [1.807, 2.05) is 0 Å². The number of carbonyl (C=O) groups excluding carboxylic acids is 2. The van der Waals surface area contributed by atoms with Crippen LogP contribution in [-0.2, 0) is 14.3 Å². The van der Waals surface area contributed by atoms with E-state index in [2.05, 4.69) is 0 Å². The van der Waals surface area contributed by atoms with E-state index >= 15 is 4.39 Å². The number of hydrogen-bond donors (Lipinski definition) is 2. The Morgan fingerprint density at radius 1 is 1.23 bits per heavy atom. The number of carboxylic acids is 1. The molecule has 3 fully saturated rings. The summed E-state index contributed by atoms with van der Waals surface area (Å²) < 4.78 is 28.5. The van der Waals surface area contributed by atoms with Crippen molar-refractivity contribution in [1.82, 2.24) is 0 Å². The van der Waals surface area contributed by atoms with Crippen molar-refractivity contribution in [1.29, 1.82) is 0 Å². The van der Waals surface area contributed by atoms with E-state index in [4.69, 9.17) is 9.15 Å². The predicted molar refractivity (Wildman–Crippen MR) is 122 cm³/mol. The van der Waals surface area contributed by atoms with Crippen LogP contribution in [0.1, 0.15) is 63.9 Å². The first kappa shape index (κ1) is 24.0. The molecule has 1 aromatic heterocycles. The fourth-order valence-electron chi connectivity index (χ4n) is 8.44. The molecule has 0 unspecified atom stereocenters. The second kappa shape index (κ2) is 7.15. The largest absolute Gasteiger partial charge is 0.478 e. The van der Waals surface area contributed by atoms with Crippen LogP contribution in [0.25, 0.3) is 0 Å². The zero-order valence-corrected chi connectivity index (χ0v) is 20.3. The molecular weight excluding hydrogens is 455 g/mol. The number of allylic oxidation sites excluding steroid dienone is 4. The lowest BCUT2D eigenvalue weighted by Crippen LogP contribution is -2.73. The van der Waals surface area contributed by atoms with Crippen molar-refractivity contribution in [2.24, 2.45) is 28.1 Å². The van der Waals surface area contributed by atoms with Gasteiger partial charge < -0.3 is 19.4 Å². The highest BCUT2D eigenvalue weighted by atomic mass is 19.1. The van der Waals surface area contributed by atoms with Gasteiger partial charge in [0, 0.05) is 22.2 Å². The Balaban J connectivity index is 1.65. The molecule has 7 nitrogen and oxygen atoms in total. The van der Waals surface area contributed by atoms with Gasteiger partial charge in [-0.15, -0.1) is 0 Å². The Kier molecular flexibility index (Phi) is 4.90. The molecule has 35 heavy (non-hydrogen) atoms. The first-order chi connectivity index (χ1) is 16.3. The highest BCUT2D eigenvalue weighted by Crippen LogP contribution is 2.75. The van der Waals surface area contributed by atoms with Gasteiger partial charge in [-0.2, -0.15) is 0 Å². The van der Waals surface area contributed by atoms with Gasteiger partial charge in [0.05, 0.1) is 12.4 Å². The van der Waals surface area contributed by atoms with E-state index in [1.54, 1.807) is 33.8 Å². The number of hydrogen-bond acceptors (Lipinski definition) is 6. The van der Waals surface area contributed by atoms with Gasteiger partial charge in [0.2, 0.25) is 11.4 Å². The predicted octanol–water partition coefficient (Wildman–Crippen LogP) is 4.27. The summed E-state index contributed by atoms with van der Waals surface area (Å²) in [4.78, 5) is 37.9. The number of aliphatic carboxylic acids is 1. The number of aliphatic hydroxyl groups excluding tert-OH is 1. The van der Waals surface area contributed by atoms with E-state index in [1.165, 1.54) is 30.5 Å². The lowest BCUT2D eigenvalue weighted by atomic mass is 9.39. The quantitative estimate of drug-likeness (QED) is 0.614. The van der Waals surface area contributed by atoms with Gasteiger partial charge in [-0.3, -0.25) is 4.79 Å². The lowest BCUT2D eigenvalue weighted by molar-refractivity contribution is -0.258. The minimum absolute atomic E-state index is 0.121. The van der Waals surface area contributed by atoms with E-state index < -0.39 is 57.4 Å². The number of ether oxygens (including phenoxy) is 1.